The zero-order valence-electron chi connectivity index (χ0n) is 9.32. The van der Waals surface area contributed by atoms with Crippen molar-refractivity contribution >= 4 is 0 Å². The largest absolute Gasteiger partial charge is 0.302 e. The zero-order valence-corrected chi connectivity index (χ0v) is 9.32. The molecule has 0 amide bonds. The number of nitrogens with one attached hydrogen (secondary N) is 1. The van der Waals surface area contributed by atoms with E-state index in [2.05, 4.69) is 35.7 Å². The fourth-order valence-corrected chi connectivity index (χ4v) is 3.02. The summed E-state index contributed by atoms with van der Waals surface area (Å²) in [5.74, 6) is 0.174. The fraction of sp³-hybridized carbons (Fsp3) is 0.500. The Morgan fingerprint density at radius 2 is 2.38 bits per heavy atom. The number of fused-ring (bicyclic) bond motifs is 2. The Hall–Kier alpha value is -1.33. The summed E-state index contributed by atoms with van der Waals surface area (Å²) < 4.78 is 0. The van der Waals surface area contributed by atoms with Gasteiger partial charge in [-0.3, -0.25) is 0 Å². The second kappa shape index (κ2) is 3.92. The summed E-state index contributed by atoms with van der Waals surface area (Å²) in [5, 5.41) is 12.8. The van der Waals surface area contributed by atoms with E-state index in [1.54, 1.807) is 0 Å². The lowest BCUT2D eigenvalue weighted by Crippen LogP contribution is -2.49. The van der Waals surface area contributed by atoms with Crippen molar-refractivity contribution in [2.24, 2.45) is 5.92 Å². The maximum absolute atomic E-state index is 9.18. The highest BCUT2D eigenvalue weighted by atomic mass is 15.0. The third-order valence-electron chi connectivity index (χ3n) is 3.88. The molecule has 2 heteroatoms. The summed E-state index contributed by atoms with van der Waals surface area (Å²) in [6.07, 6.45) is 13.3. The predicted molar refractivity (Wildman–Crippen MR) is 63.6 cm³/mol. The van der Waals surface area contributed by atoms with Crippen LogP contribution in [0.3, 0.4) is 0 Å². The minimum Gasteiger partial charge on any atom is -0.302 e. The van der Waals surface area contributed by atoms with Crippen LogP contribution >= 0.6 is 0 Å². The van der Waals surface area contributed by atoms with E-state index in [9.17, 15) is 5.26 Å². The quantitative estimate of drug-likeness (QED) is 0.669. The van der Waals surface area contributed by atoms with Gasteiger partial charge in [0.15, 0.2) is 0 Å². The number of hydrogen-bond donors (Lipinski definition) is 1. The van der Waals surface area contributed by atoms with Crippen LogP contribution in [-0.4, -0.2) is 12.1 Å². The lowest BCUT2D eigenvalue weighted by molar-refractivity contribution is 0.349. The summed E-state index contributed by atoms with van der Waals surface area (Å²) in [7, 11) is 0. The molecule has 3 atom stereocenters. The molecule has 0 radical (unpaired) electrons. The molecule has 3 aliphatic rings. The summed E-state index contributed by atoms with van der Waals surface area (Å²) in [6.45, 7) is 0. The first-order chi connectivity index (χ1) is 7.88. The molecular formula is C14H16N2. The van der Waals surface area contributed by atoms with Crippen molar-refractivity contribution in [2.75, 3.05) is 0 Å². The molecule has 0 spiro atoms. The Bertz CT molecular complexity index is 423. The van der Waals surface area contributed by atoms with Gasteiger partial charge in [0.05, 0.1) is 12.0 Å². The minimum atomic E-state index is 0.174. The number of hydrogen-bond acceptors (Lipinski definition) is 2. The van der Waals surface area contributed by atoms with Crippen molar-refractivity contribution < 1.29 is 0 Å². The van der Waals surface area contributed by atoms with Crippen LogP contribution in [0, 0.1) is 17.2 Å². The van der Waals surface area contributed by atoms with E-state index in [1.165, 1.54) is 11.1 Å². The molecule has 1 aliphatic heterocycles. The molecule has 82 valence electrons. The summed E-state index contributed by atoms with van der Waals surface area (Å²) in [6, 6.07) is 3.21. The van der Waals surface area contributed by atoms with Gasteiger partial charge in [-0.15, -0.1) is 0 Å². The molecule has 1 fully saturated rings. The first-order valence-electron chi connectivity index (χ1n) is 6.11. The van der Waals surface area contributed by atoms with Crippen LogP contribution in [-0.2, 0) is 0 Å². The number of nitrogens with zero attached hydrogens (tertiary/aromatic N) is 1. The fourth-order valence-electron chi connectivity index (χ4n) is 3.02. The molecule has 0 aromatic rings. The number of rotatable bonds is 0. The van der Waals surface area contributed by atoms with Crippen molar-refractivity contribution in [3.05, 3.63) is 35.5 Å². The molecule has 1 N–H and O–H groups in total. The topological polar surface area (TPSA) is 35.8 Å². The lowest BCUT2D eigenvalue weighted by atomic mass is 9.76. The second-order valence-electron chi connectivity index (χ2n) is 4.87. The van der Waals surface area contributed by atoms with Gasteiger partial charge in [-0.25, -0.2) is 0 Å². The van der Waals surface area contributed by atoms with E-state index >= 15 is 0 Å². The highest BCUT2D eigenvalue weighted by Crippen LogP contribution is 2.34. The maximum Gasteiger partial charge on any atom is 0.0675 e. The maximum atomic E-state index is 9.18. The Morgan fingerprint density at radius 3 is 3.25 bits per heavy atom. The molecule has 3 rings (SSSR count). The molecule has 1 saturated carbocycles. The van der Waals surface area contributed by atoms with Crippen molar-refractivity contribution in [3.63, 3.8) is 0 Å². The first kappa shape index (κ1) is 9.86. The normalized spacial score (nSPS) is 36.6. The second-order valence-corrected chi connectivity index (χ2v) is 4.87. The number of nitriles is 1. The van der Waals surface area contributed by atoms with Gasteiger partial charge < -0.3 is 5.32 Å². The summed E-state index contributed by atoms with van der Waals surface area (Å²) in [4.78, 5) is 0. The van der Waals surface area contributed by atoms with E-state index in [1.807, 2.05) is 0 Å². The molecule has 0 aromatic heterocycles. The molecule has 0 aromatic carbocycles. The Kier molecular flexibility index (Phi) is 2.41. The molecule has 3 unspecified atom stereocenters. The Morgan fingerprint density at radius 1 is 1.44 bits per heavy atom. The van der Waals surface area contributed by atoms with E-state index in [0.29, 0.717) is 12.1 Å². The molecule has 16 heavy (non-hydrogen) atoms. The van der Waals surface area contributed by atoms with Crippen LogP contribution in [0.5, 0.6) is 0 Å². The van der Waals surface area contributed by atoms with E-state index in [4.69, 9.17) is 0 Å². The van der Waals surface area contributed by atoms with Crippen LogP contribution in [0.25, 0.3) is 0 Å². The molecule has 2 nitrogen and oxygen atoms in total. The Balaban J connectivity index is 1.94. The average Bonchev–Trinajstić information content (AvgIpc) is 2.35. The van der Waals surface area contributed by atoms with Gasteiger partial charge in [0.2, 0.25) is 0 Å². The van der Waals surface area contributed by atoms with Crippen LogP contribution < -0.4 is 5.32 Å². The highest BCUT2D eigenvalue weighted by Gasteiger charge is 2.34. The smallest absolute Gasteiger partial charge is 0.0675 e. The molecule has 1 heterocycles. The number of allylic oxidation sites excluding steroid dienone is 2. The van der Waals surface area contributed by atoms with Crippen molar-refractivity contribution in [1.29, 1.82) is 5.26 Å². The minimum absolute atomic E-state index is 0.174. The van der Waals surface area contributed by atoms with Crippen LogP contribution in [0.2, 0.25) is 0 Å². The summed E-state index contributed by atoms with van der Waals surface area (Å²) in [5.41, 5.74) is 2.84. The van der Waals surface area contributed by atoms with Gasteiger partial charge >= 0.3 is 0 Å². The van der Waals surface area contributed by atoms with Crippen molar-refractivity contribution in [2.45, 2.75) is 37.8 Å². The van der Waals surface area contributed by atoms with Gasteiger partial charge in [-0.1, -0.05) is 29.9 Å². The van der Waals surface area contributed by atoms with Gasteiger partial charge in [-0.05, 0) is 31.3 Å². The van der Waals surface area contributed by atoms with Crippen molar-refractivity contribution in [3.8, 4) is 6.07 Å². The van der Waals surface area contributed by atoms with Gasteiger partial charge in [-0.2, -0.15) is 5.26 Å². The van der Waals surface area contributed by atoms with Gasteiger partial charge in [0.1, 0.15) is 0 Å². The SMILES string of the molecule is N#CC1CCCC2=CC3=CC=CCC3NC21. The first-order valence-corrected chi connectivity index (χ1v) is 6.11. The molecule has 2 aliphatic carbocycles. The Labute approximate surface area is 96.3 Å². The zero-order chi connectivity index (χ0) is 11.0. The van der Waals surface area contributed by atoms with Gasteiger partial charge in [0, 0.05) is 12.1 Å². The molecule has 0 saturated heterocycles. The van der Waals surface area contributed by atoms with E-state index in [-0.39, 0.29) is 5.92 Å². The lowest BCUT2D eigenvalue weighted by Gasteiger charge is -2.39. The van der Waals surface area contributed by atoms with Crippen LogP contribution in [0.1, 0.15) is 25.7 Å². The average molecular weight is 212 g/mol. The van der Waals surface area contributed by atoms with Gasteiger partial charge in [0.25, 0.3) is 0 Å². The van der Waals surface area contributed by atoms with E-state index in [0.717, 1.165) is 25.7 Å². The third kappa shape index (κ3) is 1.52. The monoisotopic (exact) mass is 212 g/mol. The van der Waals surface area contributed by atoms with Crippen LogP contribution in [0.15, 0.2) is 35.5 Å². The van der Waals surface area contributed by atoms with E-state index < -0.39 is 0 Å². The molecular weight excluding hydrogens is 196 g/mol. The molecule has 0 bridgehead atoms. The third-order valence-corrected chi connectivity index (χ3v) is 3.88. The van der Waals surface area contributed by atoms with Crippen molar-refractivity contribution in [1.82, 2.24) is 5.32 Å². The predicted octanol–water partition coefficient (Wildman–Crippen LogP) is 2.46. The summed E-state index contributed by atoms with van der Waals surface area (Å²) >= 11 is 0. The van der Waals surface area contributed by atoms with Crippen LogP contribution in [0.4, 0.5) is 0 Å². The highest BCUT2D eigenvalue weighted by molar-refractivity contribution is 5.41. The standard InChI is InChI=1S/C14H16N2/c15-9-12-6-3-5-11-8-10-4-1-2-7-13(10)16-14(11)12/h1-2,4,8,12-14,16H,3,5-7H2.